The van der Waals surface area contributed by atoms with Crippen molar-refractivity contribution in [3.8, 4) is 11.4 Å². The van der Waals surface area contributed by atoms with Crippen LogP contribution in [0.2, 0.25) is 0 Å². The molecule has 0 saturated carbocycles. The molecule has 0 radical (unpaired) electrons. The molecule has 0 spiro atoms. The number of ketones is 1. The molecule has 27 heavy (non-hydrogen) atoms. The van der Waals surface area contributed by atoms with Gasteiger partial charge in [0.25, 0.3) is 0 Å². The van der Waals surface area contributed by atoms with E-state index in [1.165, 1.54) is 0 Å². The van der Waals surface area contributed by atoms with Crippen molar-refractivity contribution < 1.29 is 14.3 Å². The van der Waals surface area contributed by atoms with Gasteiger partial charge >= 0.3 is 0 Å². The van der Waals surface area contributed by atoms with E-state index >= 15 is 0 Å². The summed E-state index contributed by atoms with van der Waals surface area (Å²) in [4.78, 5) is 21.2. The van der Waals surface area contributed by atoms with Crippen molar-refractivity contribution in [2.75, 3.05) is 13.4 Å². The first-order chi connectivity index (χ1) is 13.3. The summed E-state index contributed by atoms with van der Waals surface area (Å²) in [6.07, 6.45) is 3.66. The molecule has 0 N–H and O–H groups in total. The van der Waals surface area contributed by atoms with E-state index in [1.54, 1.807) is 18.5 Å². The molecule has 0 atom stereocenters. The second-order valence-electron chi connectivity index (χ2n) is 6.03. The standard InChI is InChI=1S/C22H22N2O3/c1-2-26-16-27-15-18-7-5-6-17(12-18)13-22(25)19-9-10-21(24-14-19)20-8-3-4-11-23-20/h3-12,14H,2,13,15-16H2,1H3. The number of Topliss-reactive ketones (excluding diaryl/α,β-unsaturated/α-hetero) is 1. The van der Waals surface area contributed by atoms with Gasteiger partial charge in [-0.3, -0.25) is 14.8 Å². The summed E-state index contributed by atoms with van der Waals surface area (Å²) in [5.41, 5.74) is 4.10. The van der Waals surface area contributed by atoms with Gasteiger partial charge in [-0.1, -0.05) is 30.3 Å². The number of pyridine rings is 2. The van der Waals surface area contributed by atoms with Crippen LogP contribution in [0, 0.1) is 0 Å². The monoisotopic (exact) mass is 362 g/mol. The van der Waals surface area contributed by atoms with Crippen LogP contribution in [0.5, 0.6) is 0 Å². The second kappa shape index (κ2) is 9.71. The van der Waals surface area contributed by atoms with E-state index in [4.69, 9.17) is 9.47 Å². The molecule has 5 nitrogen and oxygen atoms in total. The van der Waals surface area contributed by atoms with Crippen LogP contribution in [0.4, 0.5) is 0 Å². The predicted molar refractivity (Wildman–Crippen MR) is 103 cm³/mol. The normalized spacial score (nSPS) is 10.7. The lowest BCUT2D eigenvalue weighted by atomic mass is 10.0. The van der Waals surface area contributed by atoms with Crippen LogP contribution in [0.15, 0.2) is 67.0 Å². The van der Waals surface area contributed by atoms with Crippen molar-refractivity contribution in [1.29, 1.82) is 0 Å². The Labute approximate surface area is 159 Å². The van der Waals surface area contributed by atoms with E-state index < -0.39 is 0 Å². The van der Waals surface area contributed by atoms with Gasteiger partial charge in [0.15, 0.2) is 5.78 Å². The SMILES string of the molecule is CCOCOCc1cccc(CC(=O)c2ccc(-c3ccccn3)nc2)c1. The van der Waals surface area contributed by atoms with Crippen LogP contribution in [0.25, 0.3) is 11.4 Å². The van der Waals surface area contributed by atoms with Gasteiger partial charge in [-0.25, -0.2) is 0 Å². The first-order valence-electron chi connectivity index (χ1n) is 8.90. The molecule has 138 valence electrons. The lowest BCUT2D eigenvalue weighted by Crippen LogP contribution is -2.05. The smallest absolute Gasteiger partial charge is 0.168 e. The third-order valence-electron chi connectivity index (χ3n) is 4.01. The molecule has 0 aliphatic rings. The molecule has 2 aromatic heterocycles. The maximum absolute atomic E-state index is 12.6. The number of hydrogen-bond donors (Lipinski definition) is 0. The van der Waals surface area contributed by atoms with Crippen LogP contribution in [-0.4, -0.2) is 29.2 Å². The Balaban J connectivity index is 1.61. The second-order valence-corrected chi connectivity index (χ2v) is 6.03. The molecule has 0 saturated heterocycles. The summed E-state index contributed by atoms with van der Waals surface area (Å²) in [6, 6.07) is 17.1. The van der Waals surface area contributed by atoms with Crippen LogP contribution >= 0.6 is 0 Å². The van der Waals surface area contributed by atoms with E-state index in [0.29, 0.717) is 25.2 Å². The van der Waals surface area contributed by atoms with Gasteiger partial charge in [-0.2, -0.15) is 0 Å². The van der Waals surface area contributed by atoms with Gasteiger partial charge in [0.2, 0.25) is 0 Å². The minimum atomic E-state index is 0.0301. The van der Waals surface area contributed by atoms with E-state index in [2.05, 4.69) is 9.97 Å². The van der Waals surface area contributed by atoms with Crippen LogP contribution in [0.3, 0.4) is 0 Å². The maximum Gasteiger partial charge on any atom is 0.168 e. The quantitative estimate of drug-likeness (QED) is 0.326. The molecule has 0 amide bonds. The van der Waals surface area contributed by atoms with Crippen LogP contribution in [-0.2, 0) is 22.5 Å². The predicted octanol–water partition coefficient (Wildman–Crippen LogP) is 4.08. The number of ether oxygens (including phenoxy) is 2. The van der Waals surface area contributed by atoms with Crippen molar-refractivity contribution in [2.24, 2.45) is 0 Å². The zero-order valence-corrected chi connectivity index (χ0v) is 15.3. The topological polar surface area (TPSA) is 61.3 Å². The van der Waals surface area contributed by atoms with E-state index in [9.17, 15) is 4.79 Å². The Hall–Kier alpha value is -2.89. The number of carbonyl (C=O) groups excluding carboxylic acids is 1. The molecule has 1 aromatic carbocycles. The van der Waals surface area contributed by atoms with Crippen LogP contribution < -0.4 is 0 Å². The molecule has 3 aromatic rings. The lowest BCUT2D eigenvalue weighted by molar-refractivity contribution is -0.0571. The number of aromatic nitrogens is 2. The van der Waals surface area contributed by atoms with Crippen molar-refractivity contribution >= 4 is 5.78 Å². The molecule has 0 fully saturated rings. The highest BCUT2D eigenvalue weighted by Crippen LogP contribution is 2.15. The number of nitrogens with zero attached hydrogens (tertiary/aromatic N) is 2. The largest absolute Gasteiger partial charge is 0.356 e. The number of carbonyl (C=O) groups is 1. The zero-order valence-electron chi connectivity index (χ0n) is 15.3. The van der Waals surface area contributed by atoms with E-state index in [-0.39, 0.29) is 12.6 Å². The Morgan fingerprint density at radius 2 is 1.78 bits per heavy atom. The number of benzene rings is 1. The van der Waals surface area contributed by atoms with Crippen molar-refractivity contribution in [2.45, 2.75) is 20.0 Å². The fourth-order valence-corrected chi connectivity index (χ4v) is 2.64. The Kier molecular flexibility index (Phi) is 6.79. The molecule has 0 bridgehead atoms. The lowest BCUT2D eigenvalue weighted by Gasteiger charge is -2.07. The molecule has 3 rings (SSSR count). The van der Waals surface area contributed by atoms with Gasteiger partial charge in [-0.05, 0) is 42.3 Å². The van der Waals surface area contributed by atoms with Gasteiger partial charge in [0.05, 0.1) is 18.0 Å². The van der Waals surface area contributed by atoms with E-state index in [0.717, 1.165) is 22.5 Å². The van der Waals surface area contributed by atoms with Gasteiger partial charge in [0, 0.05) is 31.0 Å². The first-order valence-corrected chi connectivity index (χ1v) is 8.90. The fraction of sp³-hybridized carbons (Fsp3) is 0.227. The highest BCUT2D eigenvalue weighted by Gasteiger charge is 2.09. The highest BCUT2D eigenvalue weighted by atomic mass is 16.7. The van der Waals surface area contributed by atoms with Crippen molar-refractivity contribution in [1.82, 2.24) is 9.97 Å². The average molecular weight is 362 g/mol. The summed E-state index contributed by atoms with van der Waals surface area (Å²) in [5.74, 6) is 0.0301. The van der Waals surface area contributed by atoms with Crippen molar-refractivity contribution in [3.05, 3.63) is 83.7 Å². The maximum atomic E-state index is 12.6. The summed E-state index contributed by atoms with van der Waals surface area (Å²) < 4.78 is 10.6. The molecule has 0 aliphatic carbocycles. The number of rotatable bonds is 9. The zero-order chi connectivity index (χ0) is 18.9. The molecule has 5 heteroatoms. The molecule has 2 heterocycles. The Bertz CT molecular complexity index is 864. The molecular formula is C22H22N2O3. The minimum Gasteiger partial charge on any atom is -0.356 e. The first kappa shape index (κ1) is 18.9. The summed E-state index contributed by atoms with van der Waals surface area (Å²) in [7, 11) is 0. The van der Waals surface area contributed by atoms with Gasteiger partial charge < -0.3 is 9.47 Å². The highest BCUT2D eigenvalue weighted by molar-refractivity contribution is 5.97. The third kappa shape index (κ3) is 5.54. The minimum absolute atomic E-state index is 0.0301. The number of hydrogen-bond acceptors (Lipinski definition) is 5. The van der Waals surface area contributed by atoms with Crippen molar-refractivity contribution in [3.63, 3.8) is 0 Å². The van der Waals surface area contributed by atoms with Gasteiger partial charge in [0.1, 0.15) is 6.79 Å². The third-order valence-corrected chi connectivity index (χ3v) is 4.01. The fourth-order valence-electron chi connectivity index (χ4n) is 2.64. The molecular weight excluding hydrogens is 340 g/mol. The summed E-state index contributed by atoms with van der Waals surface area (Å²) >= 11 is 0. The Morgan fingerprint density at radius 1 is 0.926 bits per heavy atom. The molecule has 0 unspecified atom stereocenters. The average Bonchev–Trinajstić information content (AvgIpc) is 2.72. The van der Waals surface area contributed by atoms with Crippen LogP contribution in [0.1, 0.15) is 28.4 Å². The van der Waals surface area contributed by atoms with E-state index in [1.807, 2.05) is 55.5 Å². The van der Waals surface area contributed by atoms with Gasteiger partial charge in [-0.15, -0.1) is 0 Å². The Morgan fingerprint density at radius 3 is 2.52 bits per heavy atom. The summed E-state index contributed by atoms with van der Waals surface area (Å²) in [6.45, 7) is 3.28. The summed E-state index contributed by atoms with van der Waals surface area (Å²) in [5, 5.41) is 0. The molecule has 0 aliphatic heterocycles.